The third kappa shape index (κ3) is 3.97. The summed E-state index contributed by atoms with van der Waals surface area (Å²) in [5.74, 6) is 0.427. The molecular weight excluding hydrogens is 288 g/mol. The van der Waals surface area contributed by atoms with E-state index in [-0.39, 0.29) is 17.7 Å². The summed E-state index contributed by atoms with van der Waals surface area (Å²) in [6.45, 7) is 1.95. The van der Waals surface area contributed by atoms with Gasteiger partial charge in [-0.15, -0.1) is 0 Å². The van der Waals surface area contributed by atoms with Gasteiger partial charge in [0, 0.05) is 25.1 Å². The maximum Gasteiger partial charge on any atom is 0.224 e. The molecule has 2 N–H and O–H groups in total. The van der Waals surface area contributed by atoms with E-state index in [1.54, 1.807) is 0 Å². The van der Waals surface area contributed by atoms with Crippen LogP contribution in [0.4, 0.5) is 5.69 Å². The van der Waals surface area contributed by atoms with Crippen molar-refractivity contribution >= 4 is 17.5 Å². The highest BCUT2D eigenvalue weighted by atomic mass is 16.2. The SMILES string of the molecule is CC(=O)Nc1cccc(CNC(=O)[C@@H]2C[C@H]2c2ccccc2)c1. The van der Waals surface area contributed by atoms with Crippen molar-refractivity contribution in [1.29, 1.82) is 0 Å². The van der Waals surface area contributed by atoms with Crippen LogP contribution >= 0.6 is 0 Å². The molecule has 2 aromatic rings. The topological polar surface area (TPSA) is 58.2 Å². The van der Waals surface area contributed by atoms with Crippen LogP contribution in [-0.2, 0) is 16.1 Å². The maximum absolute atomic E-state index is 12.2. The summed E-state index contributed by atoms with van der Waals surface area (Å²) >= 11 is 0. The van der Waals surface area contributed by atoms with Crippen LogP contribution in [0.1, 0.15) is 30.4 Å². The third-order valence-electron chi connectivity index (χ3n) is 4.07. The fourth-order valence-corrected chi connectivity index (χ4v) is 2.84. The molecule has 0 radical (unpaired) electrons. The van der Waals surface area contributed by atoms with Crippen LogP contribution < -0.4 is 10.6 Å². The minimum absolute atomic E-state index is 0.0796. The number of rotatable bonds is 5. The van der Waals surface area contributed by atoms with Gasteiger partial charge < -0.3 is 10.6 Å². The number of benzene rings is 2. The summed E-state index contributed by atoms with van der Waals surface area (Å²) < 4.78 is 0. The monoisotopic (exact) mass is 308 g/mol. The molecule has 4 heteroatoms. The lowest BCUT2D eigenvalue weighted by Crippen LogP contribution is -2.24. The zero-order valence-electron chi connectivity index (χ0n) is 13.1. The summed E-state index contributed by atoms with van der Waals surface area (Å²) in [7, 11) is 0. The summed E-state index contributed by atoms with van der Waals surface area (Å²) in [5, 5.41) is 5.73. The second-order valence-corrected chi connectivity index (χ2v) is 5.96. The molecule has 2 aromatic carbocycles. The average molecular weight is 308 g/mol. The molecule has 0 spiro atoms. The molecule has 0 unspecified atom stereocenters. The molecule has 23 heavy (non-hydrogen) atoms. The van der Waals surface area contributed by atoms with E-state index in [9.17, 15) is 9.59 Å². The molecule has 118 valence electrons. The number of hydrogen-bond donors (Lipinski definition) is 2. The standard InChI is InChI=1S/C19H20N2O2/c1-13(22)21-16-9-5-6-14(10-16)12-20-19(23)18-11-17(18)15-7-3-2-4-8-15/h2-10,17-18H,11-12H2,1H3,(H,20,23)(H,21,22)/t17-,18+/m0/s1. The molecule has 1 saturated carbocycles. The predicted molar refractivity (Wildman–Crippen MR) is 89.9 cm³/mol. The highest BCUT2D eigenvalue weighted by Gasteiger charge is 2.43. The van der Waals surface area contributed by atoms with Crippen LogP contribution in [0.25, 0.3) is 0 Å². The number of carbonyl (C=O) groups excluding carboxylic acids is 2. The molecule has 0 saturated heterocycles. The van der Waals surface area contributed by atoms with Gasteiger partial charge >= 0.3 is 0 Å². The Balaban J connectivity index is 1.53. The number of amides is 2. The lowest BCUT2D eigenvalue weighted by molar-refractivity contribution is -0.122. The van der Waals surface area contributed by atoms with E-state index in [2.05, 4.69) is 22.8 Å². The van der Waals surface area contributed by atoms with Crippen molar-refractivity contribution in [2.45, 2.75) is 25.8 Å². The van der Waals surface area contributed by atoms with E-state index in [0.717, 1.165) is 17.7 Å². The van der Waals surface area contributed by atoms with Gasteiger partial charge in [0.1, 0.15) is 0 Å². The minimum Gasteiger partial charge on any atom is -0.352 e. The Hall–Kier alpha value is -2.62. The van der Waals surface area contributed by atoms with Gasteiger partial charge in [0.05, 0.1) is 0 Å². The Labute approximate surface area is 135 Å². The molecule has 0 aliphatic heterocycles. The molecule has 2 atom stereocenters. The van der Waals surface area contributed by atoms with Gasteiger partial charge in [0.25, 0.3) is 0 Å². The number of carbonyl (C=O) groups is 2. The zero-order chi connectivity index (χ0) is 16.2. The third-order valence-corrected chi connectivity index (χ3v) is 4.07. The number of hydrogen-bond acceptors (Lipinski definition) is 2. The van der Waals surface area contributed by atoms with E-state index in [1.165, 1.54) is 12.5 Å². The summed E-state index contributed by atoms with van der Waals surface area (Å²) in [5.41, 5.74) is 2.96. The lowest BCUT2D eigenvalue weighted by atomic mass is 10.1. The largest absolute Gasteiger partial charge is 0.352 e. The Morgan fingerprint density at radius 1 is 1.09 bits per heavy atom. The summed E-state index contributed by atoms with van der Waals surface area (Å²) in [4.78, 5) is 23.3. The van der Waals surface area contributed by atoms with Gasteiger partial charge in [0.15, 0.2) is 0 Å². The number of nitrogens with one attached hydrogen (secondary N) is 2. The first-order valence-electron chi connectivity index (χ1n) is 7.82. The van der Waals surface area contributed by atoms with Crippen LogP contribution in [0.3, 0.4) is 0 Å². The van der Waals surface area contributed by atoms with Gasteiger partial charge in [-0.25, -0.2) is 0 Å². The molecule has 1 aliphatic carbocycles. The Morgan fingerprint density at radius 3 is 2.61 bits per heavy atom. The molecule has 1 aliphatic rings. The van der Waals surface area contributed by atoms with Crippen molar-refractivity contribution in [3.8, 4) is 0 Å². The van der Waals surface area contributed by atoms with Crippen molar-refractivity contribution in [1.82, 2.24) is 5.32 Å². The predicted octanol–water partition coefficient (Wildman–Crippen LogP) is 3.06. The van der Waals surface area contributed by atoms with Crippen molar-refractivity contribution < 1.29 is 9.59 Å². The average Bonchev–Trinajstić information content (AvgIpc) is 3.34. The Bertz CT molecular complexity index is 712. The van der Waals surface area contributed by atoms with E-state index >= 15 is 0 Å². The van der Waals surface area contributed by atoms with Gasteiger partial charge in [-0.05, 0) is 35.6 Å². The van der Waals surface area contributed by atoms with E-state index in [1.807, 2.05) is 42.5 Å². The molecule has 2 amide bonds. The molecule has 1 fully saturated rings. The molecule has 0 aromatic heterocycles. The first-order valence-corrected chi connectivity index (χ1v) is 7.82. The zero-order valence-corrected chi connectivity index (χ0v) is 13.1. The first-order chi connectivity index (χ1) is 11.1. The Kier molecular flexibility index (Phi) is 4.42. The fourth-order valence-electron chi connectivity index (χ4n) is 2.84. The van der Waals surface area contributed by atoms with Crippen LogP contribution in [0.15, 0.2) is 54.6 Å². The normalized spacial score (nSPS) is 19.0. The van der Waals surface area contributed by atoms with E-state index in [4.69, 9.17) is 0 Å². The van der Waals surface area contributed by atoms with Crippen LogP contribution in [0.2, 0.25) is 0 Å². The van der Waals surface area contributed by atoms with Crippen molar-refractivity contribution in [2.75, 3.05) is 5.32 Å². The van der Waals surface area contributed by atoms with E-state index < -0.39 is 0 Å². The minimum atomic E-state index is -0.102. The van der Waals surface area contributed by atoms with Crippen LogP contribution in [0.5, 0.6) is 0 Å². The molecule has 0 bridgehead atoms. The highest BCUT2D eigenvalue weighted by Crippen LogP contribution is 2.47. The van der Waals surface area contributed by atoms with E-state index in [0.29, 0.717) is 12.5 Å². The van der Waals surface area contributed by atoms with Crippen molar-refractivity contribution in [3.63, 3.8) is 0 Å². The second-order valence-electron chi connectivity index (χ2n) is 5.96. The van der Waals surface area contributed by atoms with Gasteiger partial charge in [-0.3, -0.25) is 9.59 Å². The maximum atomic E-state index is 12.2. The van der Waals surface area contributed by atoms with Gasteiger partial charge in [-0.2, -0.15) is 0 Å². The molecular formula is C19H20N2O2. The quantitative estimate of drug-likeness (QED) is 0.892. The summed E-state index contributed by atoms with van der Waals surface area (Å²) in [6, 6.07) is 17.7. The molecule has 4 nitrogen and oxygen atoms in total. The van der Waals surface area contributed by atoms with Gasteiger partial charge in [0.2, 0.25) is 11.8 Å². The highest BCUT2D eigenvalue weighted by molar-refractivity contribution is 5.88. The van der Waals surface area contributed by atoms with Crippen molar-refractivity contribution in [2.24, 2.45) is 5.92 Å². The smallest absolute Gasteiger partial charge is 0.224 e. The summed E-state index contributed by atoms with van der Waals surface area (Å²) in [6.07, 6.45) is 0.918. The molecule has 0 heterocycles. The number of anilines is 1. The lowest BCUT2D eigenvalue weighted by Gasteiger charge is -2.08. The van der Waals surface area contributed by atoms with Crippen molar-refractivity contribution in [3.05, 3.63) is 65.7 Å². The Morgan fingerprint density at radius 2 is 1.87 bits per heavy atom. The van der Waals surface area contributed by atoms with Crippen LogP contribution in [-0.4, -0.2) is 11.8 Å². The second kappa shape index (κ2) is 6.65. The first kappa shape index (κ1) is 15.3. The molecule has 3 rings (SSSR count). The fraction of sp³-hybridized carbons (Fsp3) is 0.263. The van der Waals surface area contributed by atoms with Gasteiger partial charge in [-0.1, -0.05) is 42.5 Å². The van der Waals surface area contributed by atoms with Crippen LogP contribution in [0, 0.1) is 5.92 Å².